The molecular weight excluding hydrogens is 231 g/mol. The van der Waals surface area contributed by atoms with Crippen molar-refractivity contribution in [3.63, 3.8) is 0 Å². The Bertz CT molecular complexity index is 647. The Balaban J connectivity index is 2.10. The van der Waals surface area contributed by atoms with E-state index in [2.05, 4.69) is 10.1 Å². The molecule has 3 nitrogen and oxygen atoms in total. The zero-order chi connectivity index (χ0) is 12.4. The van der Waals surface area contributed by atoms with E-state index < -0.39 is 0 Å². The van der Waals surface area contributed by atoms with Crippen LogP contribution in [-0.4, -0.2) is 10.1 Å². The third kappa shape index (κ3) is 1.88. The van der Waals surface area contributed by atoms with E-state index >= 15 is 0 Å². The molecule has 4 heteroatoms. The van der Waals surface area contributed by atoms with Gasteiger partial charge in [0.1, 0.15) is 17.8 Å². The van der Waals surface area contributed by atoms with E-state index in [0.717, 1.165) is 22.4 Å². The van der Waals surface area contributed by atoms with Gasteiger partial charge in [-0.3, -0.25) is 4.98 Å². The van der Waals surface area contributed by atoms with E-state index in [1.165, 1.54) is 12.1 Å². The monoisotopic (exact) mass is 240 g/mol. The lowest BCUT2D eigenvalue weighted by molar-refractivity contribution is 0.422. The second-order valence-electron chi connectivity index (χ2n) is 3.82. The molecule has 0 N–H and O–H groups in total. The minimum Gasteiger partial charge on any atom is -0.363 e. The van der Waals surface area contributed by atoms with Crippen LogP contribution in [0.5, 0.6) is 0 Å². The number of pyridine rings is 1. The topological polar surface area (TPSA) is 38.9 Å². The second-order valence-corrected chi connectivity index (χ2v) is 3.82. The number of benzene rings is 1. The molecule has 0 aliphatic carbocycles. The number of hydrogen-bond acceptors (Lipinski definition) is 3. The van der Waals surface area contributed by atoms with Crippen molar-refractivity contribution in [2.75, 3.05) is 0 Å². The lowest BCUT2D eigenvalue weighted by atomic mass is 10.0. The zero-order valence-electron chi connectivity index (χ0n) is 9.38. The van der Waals surface area contributed by atoms with E-state index in [0.29, 0.717) is 0 Å². The van der Waals surface area contributed by atoms with Crippen molar-refractivity contribution >= 4 is 0 Å². The number of halogens is 1. The normalized spacial score (nSPS) is 10.5. The largest absolute Gasteiger partial charge is 0.363 e. The van der Waals surface area contributed by atoms with Crippen LogP contribution in [0.4, 0.5) is 4.39 Å². The van der Waals surface area contributed by atoms with E-state index in [1.54, 1.807) is 30.8 Å². The molecule has 0 bridgehead atoms. The number of nitrogens with zero attached hydrogens (tertiary/aromatic N) is 2. The van der Waals surface area contributed by atoms with Crippen molar-refractivity contribution in [1.29, 1.82) is 0 Å². The molecule has 0 amide bonds. The van der Waals surface area contributed by atoms with E-state index in [-0.39, 0.29) is 5.82 Å². The Morgan fingerprint density at radius 3 is 2.33 bits per heavy atom. The summed E-state index contributed by atoms with van der Waals surface area (Å²) < 4.78 is 17.9. The molecule has 0 spiro atoms. The predicted molar refractivity (Wildman–Crippen MR) is 65.1 cm³/mol. The minimum absolute atomic E-state index is 0.263. The van der Waals surface area contributed by atoms with Crippen LogP contribution < -0.4 is 0 Å². The van der Waals surface area contributed by atoms with Crippen LogP contribution in [0.3, 0.4) is 0 Å². The van der Waals surface area contributed by atoms with Gasteiger partial charge in [-0.15, -0.1) is 0 Å². The van der Waals surface area contributed by atoms with Crippen LogP contribution in [0.25, 0.3) is 22.4 Å². The van der Waals surface area contributed by atoms with Crippen LogP contribution in [0.1, 0.15) is 0 Å². The fourth-order valence-electron chi connectivity index (χ4n) is 1.79. The molecule has 0 saturated heterocycles. The highest BCUT2D eigenvalue weighted by Gasteiger charge is 2.11. The van der Waals surface area contributed by atoms with Crippen molar-refractivity contribution in [2.45, 2.75) is 0 Å². The molecule has 0 fully saturated rings. The van der Waals surface area contributed by atoms with Gasteiger partial charge in [-0.25, -0.2) is 4.39 Å². The van der Waals surface area contributed by atoms with Crippen LogP contribution in [0.15, 0.2) is 59.6 Å². The molecule has 2 heterocycles. The average molecular weight is 240 g/mol. The maximum absolute atomic E-state index is 12.9. The Morgan fingerprint density at radius 2 is 1.61 bits per heavy atom. The molecule has 1 aromatic carbocycles. The first kappa shape index (κ1) is 10.7. The number of rotatable bonds is 2. The summed E-state index contributed by atoms with van der Waals surface area (Å²) in [5, 5.41) is 3.99. The first-order chi connectivity index (χ1) is 8.84. The fraction of sp³-hybridized carbons (Fsp3) is 0. The van der Waals surface area contributed by atoms with Crippen LogP contribution in [0.2, 0.25) is 0 Å². The quantitative estimate of drug-likeness (QED) is 0.687. The summed E-state index contributed by atoms with van der Waals surface area (Å²) in [6.07, 6.45) is 4.94. The van der Waals surface area contributed by atoms with Gasteiger partial charge >= 0.3 is 0 Å². The van der Waals surface area contributed by atoms with Crippen LogP contribution >= 0.6 is 0 Å². The SMILES string of the molecule is Fc1ccc(-c2conc2-c2ccncc2)cc1. The highest BCUT2D eigenvalue weighted by molar-refractivity contribution is 5.79. The maximum Gasteiger partial charge on any atom is 0.132 e. The molecule has 2 aromatic heterocycles. The molecule has 18 heavy (non-hydrogen) atoms. The molecule has 3 rings (SSSR count). The summed E-state index contributed by atoms with van der Waals surface area (Å²) in [7, 11) is 0. The molecule has 3 aromatic rings. The van der Waals surface area contributed by atoms with Crippen LogP contribution in [-0.2, 0) is 0 Å². The minimum atomic E-state index is -0.263. The van der Waals surface area contributed by atoms with Gasteiger partial charge in [-0.05, 0) is 29.8 Å². The van der Waals surface area contributed by atoms with Crippen LogP contribution in [0, 0.1) is 5.82 Å². The number of hydrogen-bond donors (Lipinski definition) is 0. The smallest absolute Gasteiger partial charge is 0.132 e. The summed E-state index contributed by atoms with van der Waals surface area (Å²) in [5.74, 6) is -0.263. The van der Waals surface area contributed by atoms with Gasteiger partial charge < -0.3 is 4.52 Å². The maximum atomic E-state index is 12.9. The summed E-state index contributed by atoms with van der Waals surface area (Å²) >= 11 is 0. The molecule has 0 atom stereocenters. The highest BCUT2D eigenvalue weighted by atomic mass is 19.1. The van der Waals surface area contributed by atoms with Crippen molar-refractivity contribution in [3.8, 4) is 22.4 Å². The molecule has 88 valence electrons. The van der Waals surface area contributed by atoms with Crippen molar-refractivity contribution in [3.05, 3.63) is 60.9 Å². The van der Waals surface area contributed by atoms with Gasteiger partial charge in [0, 0.05) is 23.5 Å². The molecule has 0 unspecified atom stereocenters. The van der Waals surface area contributed by atoms with Crippen molar-refractivity contribution in [2.24, 2.45) is 0 Å². The highest BCUT2D eigenvalue weighted by Crippen LogP contribution is 2.30. The third-order valence-corrected chi connectivity index (χ3v) is 2.68. The molecule has 0 saturated carbocycles. The lowest BCUT2D eigenvalue weighted by Crippen LogP contribution is -1.83. The second kappa shape index (κ2) is 4.41. The summed E-state index contributed by atoms with van der Waals surface area (Å²) in [4.78, 5) is 3.96. The first-order valence-corrected chi connectivity index (χ1v) is 5.45. The van der Waals surface area contributed by atoms with E-state index in [1.807, 2.05) is 12.1 Å². The molecular formula is C14H9FN2O. The Kier molecular flexibility index (Phi) is 2.61. The van der Waals surface area contributed by atoms with Gasteiger partial charge in [0.2, 0.25) is 0 Å². The van der Waals surface area contributed by atoms with Crippen molar-refractivity contribution < 1.29 is 8.91 Å². The molecule has 0 aliphatic heterocycles. The van der Waals surface area contributed by atoms with Gasteiger partial charge in [-0.2, -0.15) is 0 Å². The van der Waals surface area contributed by atoms with Gasteiger partial charge in [0.05, 0.1) is 0 Å². The molecule has 0 radical (unpaired) electrons. The molecule has 0 aliphatic rings. The van der Waals surface area contributed by atoms with E-state index in [4.69, 9.17) is 4.52 Å². The number of aromatic nitrogens is 2. The van der Waals surface area contributed by atoms with Gasteiger partial charge in [0.15, 0.2) is 0 Å². The summed E-state index contributed by atoms with van der Waals surface area (Å²) in [6.45, 7) is 0. The van der Waals surface area contributed by atoms with Gasteiger partial charge in [-0.1, -0.05) is 17.3 Å². The predicted octanol–water partition coefficient (Wildman–Crippen LogP) is 3.54. The fourth-order valence-corrected chi connectivity index (χ4v) is 1.79. The Hall–Kier alpha value is -2.49. The average Bonchev–Trinajstić information content (AvgIpc) is 2.90. The first-order valence-electron chi connectivity index (χ1n) is 5.45. The third-order valence-electron chi connectivity index (χ3n) is 2.68. The summed E-state index contributed by atoms with van der Waals surface area (Å²) in [6, 6.07) is 9.94. The van der Waals surface area contributed by atoms with E-state index in [9.17, 15) is 4.39 Å². The summed E-state index contributed by atoms with van der Waals surface area (Å²) in [5.41, 5.74) is 3.34. The Labute approximate surface area is 103 Å². The lowest BCUT2D eigenvalue weighted by Gasteiger charge is -2.01. The van der Waals surface area contributed by atoms with Gasteiger partial charge in [0.25, 0.3) is 0 Å². The van der Waals surface area contributed by atoms with Crippen molar-refractivity contribution in [1.82, 2.24) is 10.1 Å². The Morgan fingerprint density at radius 1 is 0.889 bits per heavy atom. The zero-order valence-corrected chi connectivity index (χ0v) is 9.38. The standard InChI is InChI=1S/C14H9FN2O/c15-12-3-1-10(2-4-12)13-9-18-17-14(13)11-5-7-16-8-6-11/h1-9H.